The normalized spacial score (nSPS) is 10.4. The standard InChI is InChI=1S/C13H16Br2N2O3/c1-8(2)17(7-6-11(18)19)13(20)16-12-9(14)4-3-5-10(12)15/h3-5,8H,6-7H2,1-2H3,(H,16,20)(H,18,19). The molecule has 0 bridgehead atoms. The number of aliphatic carboxylic acids is 1. The van der Waals surface area contributed by atoms with Gasteiger partial charge in [0.1, 0.15) is 0 Å². The van der Waals surface area contributed by atoms with Gasteiger partial charge in [0, 0.05) is 21.5 Å². The molecule has 0 atom stereocenters. The molecule has 1 aromatic rings. The number of amides is 2. The second kappa shape index (κ2) is 7.64. The predicted octanol–water partition coefficient (Wildman–Crippen LogP) is 3.93. The number of carboxylic acid groups (broad SMARTS) is 1. The number of para-hydroxylation sites is 1. The van der Waals surface area contributed by atoms with Crippen LogP contribution in [-0.4, -0.2) is 34.6 Å². The Labute approximate surface area is 134 Å². The number of urea groups is 1. The predicted molar refractivity (Wildman–Crippen MR) is 85.0 cm³/mol. The molecule has 0 unspecified atom stereocenters. The number of carbonyl (C=O) groups is 2. The third-order valence-corrected chi connectivity index (χ3v) is 3.97. The summed E-state index contributed by atoms with van der Waals surface area (Å²) in [7, 11) is 0. The van der Waals surface area contributed by atoms with Crippen LogP contribution >= 0.6 is 31.9 Å². The first-order valence-corrected chi connectivity index (χ1v) is 7.65. The molecule has 0 aliphatic heterocycles. The van der Waals surface area contributed by atoms with Crippen LogP contribution in [0.15, 0.2) is 27.1 Å². The van der Waals surface area contributed by atoms with Crippen molar-refractivity contribution in [3.63, 3.8) is 0 Å². The van der Waals surface area contributed by atoms with Gasteiger partial charge < -0.3 is 15.3 Å². The maximum atomic E-state index is 12.3. The Kier molecular flexibility index (Phi) is 6.48. The van der Waals surface area contributed by atoms with Crippen molar-refractivity contribution in [3.05, 3.63) is 27.1 Å². The Morgan fingerprint density at radius 2 is 1.85 bits per heavy atom. The van der Waals surface area contributed by atoms with E-state index in [1.807, 2.05) is 32.0 Å². The van der Waals surface area contributed by atoms with Gasteiger partial charge in [-0.05, 0) is 57.8 Å². The minimum atomic E-state index is -0.925. The summed E-state index contributed by atoms with van der Waals surface area (Å²) in [6.07, 6.45) is -0.0806. The summed E-state index contributed by atoms with van der Waals surface area (Å²) >= 11 is 6.73. The summed E-state index contributed by atoms with van der Waals surface area (Å²) in [5, 5.41) is 11.5. The topological polar surface area (TPSA) is 69.6 Å². The van der Waals surface area contributed by atoms with Gasteiger partial charge in [-0.2, -0.15) is 0 Å². The number of nitrogens with zero attached hydrogens (tertiary/aromatic N) is 1. The van der Waals surface area contributed by atoms with Gasteiger partial charge in [0.2, 0.25) is 0 Å². The van der Waals surface area contributed by atoms with E-state index in [-0.39, 0.29) is 25.0 Å². The lowest BCUT2D eigenvalue weighted by Gasteiger charge is -2.26. The van der Waals surface area contributed by atoms with E-state index in [0.29, 0.717) is 5.69 Å². The smallest absolute Gasteiger partial charge is 0.322 e. The lowest BCUT2D eigenvalue weighted by Crippen LogP contribution is -2.41. The highest BCUT2D eigenvalue weighted by atomic mass is 79.9. The molecule has 20 heavy (non-hydrogen) atoms. The number of hydrogen-bond acceptors (Lipinski definition) is 2. The van der Waals surface area contributed by atoms with Crippen molar-refractivity contribution in [2.24, 2.45) is 0 Å². The van der Waals surface area contributed by atoms with Gasteiger partial charge in [-0.3, -0.25) is 4.79 Å². The first kappa shape index (κ1) is 17.0. The van der Waals surface area contributed by atoms with Crippen LogP contribution in [0.5, 0.6) is 0 Å². The van der Waals surface area contributed by atoms with Gasteiger partial charge in [-0.15, -0.1) is 0 Å². The van der Waals surface area contributed by atoms with Crippen LogP contribution in [0.2, 0.25) is 0 Å². The van der Waals surface area contributed by atoms with Gasteiger partial charge in [0.25, 0.3) is 0 Å². The van der Waals surface area contributed by atoms with Crippen molar-refractivity contribution in [2.75, 3.05) is 11.9 Å². The summed E-state index contributed by atoms with van der Waals surface area (Å²) in [6, 6.07) is 5.06. The fraction of sp³-hybridized carbons (Fsp3) is 0.385. The molecule has 0 aliphatic carbocycles. The number of halogens is 2. The molecule has 0 aromatic heterocycles. The van der Waals surface area contributed by atoms with E-state index in [0.717, 1.165) is 8.95 Å². The molecular formula is C13H16Br2N2O3. The summed E-state index contributed by atoms with van der Waals surface area (Å²) in [4.78, 5) is 24.4. The molecule has 0 radical (unpaired) electrons. The van der Waals surface area contributed by atoms with Crippen molar-refractivity contribution in [1.29, 1.82) is 0 Å². The average Bonchev–Trinajstić information content (AvgIpc) is 2.33. The van der Waals surface area contributed by atoms with E-state index in [1.165, 1.54) is 4.90 Å². The highest BCUT2D eigenvalue weighted by Gasteiger charge is 2.19. The van der Waals surface area contributed by atoms with Crippen LogP contribution in [0.25, 0.3) is 0 Å². The molecule has 7 heteroatoms. The lowest BCUT2D eigenvalue weighted by atomic mass is 10.3. The molecule has 0 fully saturated rings. The first-order chi connectivity index (χ1) is 9.32. The maximum Gasteiger partial charge on any atom is 0.322 e. The number of nitrogens with one attached hydrogen (secondary N) is 1. The molecule has 2 amide bonds. The third kappa shape index (κ3) is 4.79. The Morgan fingerprint density at radius 1 is 1.30 bits per heavy atom. The molecule has 1 rings (SSSR count). The summed E-state index contributed by atoms with van der Waals surface area (Å²) < 4.78 is 1.50. The van der Waals surface area contributed by atoms with Crippen LogP contribution in [-0.2, 0) is 4.79 Å². The van der Waals surface area contributed by atoms with Gasteiger partial charge >= 0.3 is 12.0 Å². The SMILES string of the molecule is CC(C)N(CCC(=O)O)C(=O)Nc1c(Br)cccc1Br. The second-order valence-corrected chi connectivity index (χ2v) is 6.17. The molecule has 0 spiro atoms. The molecule has 110 valence electrons. The van der Waals surface area contributed by atoms with Crippen molar-refractivity contribution in [1.82, 2.24) is 4.90 Å². The van der Waals surface area contributed by atoms with Crippen molar-refractivity contribution in [2.45, 2.75) is 26.3 Å². The van der Waals surface area contributed by atoms with Crippen LogP contribution in [0.3, 0.4) is 0 Å². The minimum absolute atomic E-state index is 0.0806. The molecule has 0 aliphatic rings. The molecule has 0 heterocycles. The average molecular weight is 408 g/mol. The Bertz CT molecular complexity index is 486. The highest BCUT2D eigenvalue weighted by Crippen LogP contribution is 2.30. The number of carboxylic acids is 1. The molecule has 5 nitrogen and oxygen atoms in total. The number of rotatable bonds is 5. The highest BCUT2D eigenvalue weighted by molar-refractivity contribution is 9.11. The van der Waals surface area contributed by atoms with Gasteiger partial charge in [0.05, 0.1) is 12.1 Å². The van der Waals surface area contributed by atoms with Crippen molar-refractivity contribution < 1.29 is 14.7 Å². The van der Waals surface area contributed by atoms with Crippen LogP contribution in [0.1, 0.15) is 20.3 Å². The van der Waals surface area contributed by atoms with Gasteiger partial charge in [-0.25, -0.2) is 4.79 Å². The van der Waals surface area contributed by atoms with E-state index in [9.17, 15) is 9.59 Å². The van der Waals surface area contributed by atoms with E-state index in [2.05, 4.69) is 37.2 Å². The molecule has 0 saturated heterocycles. The maximum absolute atomic E-state index is 12.3. The third-order valence-electron chi connectivity index (χ3n) is 2.65. The van der Waals surface area contributed by atoms with Crippen molar-refractivity contribution in [3.8, 4) is 0 Å². The second-order valence-electron chi connectivity index (χ2n) is 4.46. The van der Waals surface area contributed by atoms with E-state index in [4.69, 9.17) is 5.11 Å². The van der Waals surface area contributed by atoms with E-state index in [1.54, 1.807) is 0 Å². The van der Waals surface area contributed by atoms with Gasteiger partial charge in [-0.1, -0.05) is 6.07 Å². The Balaban J connectivity index is 2.83. The first-order valence-electron chi connectivity index (χ1n) is 6.06. The monoisotopic (exact) mass is 406 g/mol. The lowest BCUT2D eigenvalue weighted by molar-refractivity contribution is -0.137. The van der Waals surface area contributed by atoms with E-state index < -0.39 is 5.97 Å². The largest absolute Gasteiger partial charge is 0.481 e. The number of hydrogen-bond donors (Lipinski definition) is 2. The zero-order valence-electron chi connectivity index (χ0n) is 11.2. The zero-order valence-corrected chi connectivity index (χ0v) is 14.4. The summed E-state index contributed by atoms with van der Waals surface area (Å²) in [5.74, 6) is -0.925. The fourth-order valence-corrected chi connectivity index (χ4v) is 2.80. The Morgan fingerprint density at radius 3 is 2.30 bits per heavy atom. The number of anilines is 1. The molecule has 2 N–H and O–H groups in total. The fourth-order valence-electron chi connectivity index (χ4n) is 1.61. The van der Waals surface area contributed by atoms with E-state index >= 15 is 0 Å². The molecule has 0 saturated carbocycles. The van der Waals surface area contributed by atoms with Crippen LogP contribution in [0.4, 0.5) is 10.5 Å². The van der Waals surface area contributed by atoms with Crippen LogP contribution in [0, 0.1) is 0 Å². The zero-order chi connectivity index (χ0) is 15.3. The van der Waals surface area contributed by atoms with Crippen molar-refractivity contribution >= 4 is 49.5 Å². The number of benzene rings is 1. The minimum Gasteiger partial charge on any atom is -0.481 e. The Hall–Kier alpha value is -1.08. The summed E-state index contributed by atoms with van der Waals surface area (Å²) in [5.41, 5.74) is 0.624. The quantitative estimate of drug-likeness (QED) is 0.776. The molecule has 1 aromatic carbocycles. The summed E-state index contributed by atoms with van der Waals surface area (Å²) in [6.45, 7) is 3.86. The molecular weight excluding hydrogens is 392 g/mol. The number of carbonyl (C=O) groups excluding carboxylic acids is 1. The van der Waals surface area contributed by atoms with Crippen LogP contribution < -0.4 is 5.32 Å². The van der Waals surface area contributed by atoms with Gasteiger partial charge in [0.15, 0.2) is 0 Å².